The number of ketones is 1. The van der Waals surface area contributed by atoms with Gasteiger partial charge in [0.15, 0.2) is 0 Å². The molecule has 1 aliphatic rings. The van der Waals surface area contributed by atoms with Crippen LogP contribution in [0.3, 0.4) is 0 Å². The molecule has 25 heavy (non-hydrogen) atoms. The van der Waals surface area contributed by atoms with E-state index >= 15 is 0 Å². The quantitative estimate of drug-likeness (QED) is 0.575. The molecule has 3 rings (SSSR count). The average Bonchev–Trinajstić information content (AvgIpc) is 2.65. The van der Waals surface area contributed by atoms with E-state index in [1.807, 2.05) is 0 Å². The van der Waals surface area contributed by atoms with Crippen molar-refractivity contribution in [2.24, 2.45) is 0 Å². The maximum Gasteiger partial charge on any atom is 0.376 e. The predicted molar refractivity (Wildman–Crippen MR) is 68.8 cm³/mol. The zero-order valence-corrected chi connectivity index (χ0v) is 11.9. The van der Waals surface area contributed by atoms with Gasteiger partial charge in [0.25, 0.3) is 6.43 Å². The third-order valence-corrected chi connectivity index (χ3v) is 3.59. The number of hydrogen-bond acceptors (Lipinski definition) is 3. The van der Waals surface area contributed by atoms with E-state index in [4.69, 9.17) is 4.74 Å². The lowest BCUT2D eigenvalue weighted by molar-refractivity contribution is -0.176. The van der Waals surface area contributed by atoms with E-state index in [0.717, 1.165) is 12.3 Å². The molecule has 0 amide bonds. The van der Waals surface area contributed by atoms with E-state index < -0.39 is 52.4 Å². The van der Waals surface area contributed by atoms with Crippen LogP contribution in [0.25, 0.3) is 0 Å². The minimum Gasteiger partial charge on any atom is -0.457 e. The Bertz CT molecular complexity index is 867. The van der Waals surface area contributed by atoms with Gasteiger partial charge in [-0.05, 0) is 18.2 Å². The number of benzene rings is 1. The third-order valence-electron chi connectivity index (χ3n) is 3.59. The second kappa shape index (κ2) is 5.43. The molecule has 1 aliphatic carbocycles. The number of alkyl halides is 6. The topological polar surface area (TPSA) is 39.2 Å². The van der Waals surface area contributed by atoms with Crippen LogP contribution in [0.4, 0.5) is 30.7 Å². The lowest BCUT2D eigenvalue weighted by atomic mass is 10.0. The Morgan fingerprint density at radius 1 is 1.04 bits per heavy atom. The molecule has 3 nitrogen and oxygen atoms in total. The number of rotatable bonds is 3. The molecular weight excluding hydrogens is 359 g/mol. The Morgan fingerprint density at radius 2 is 1.72 bits per heavy atom. The summed E-state index contributed by atoms with van der Waals surface area (Å²) < 4.78 is 99.1. The SMILES string of the molecule is O=C1c2c(ccc(Oc3ccnc(F)c3)c2C(F)F)C(F)(F)C1(F)F. The van der Waals surface area contributed by atoms with Gasteiger partial charge in [0.2, 0.25) is 11.7 Å². The van der Waals surface area contributed by atoms with E-state index in [1.165, 1.54) is 0 Å². The summed E-state index contributed by atoms with van der Waals surface area (Å²) in [5.74, 6) is -14.7. The second-order valence-corrected chi connectivity index (χ2v) is 5.09. The highest BCUT2D eigenvalue weighted by Gasteiger charge is 2.70. The lowest BCUT2D eigenvalue weighted by Crippen LogP contribution is -2.38. The fourth-order valence-corrected chi connectivity index (χ4v) is 2.46. The molecule has 0 atom stereocenters. The van der Waals surface area contributed by atoms with E-state index in [1.54, 1.807) is 0 Å². The molecule has 0 spiro atoms. The number of carbonyl (C=O) groups excluding carboxylic acids is 1. The number of halogens is 7. The van der Waals surface area contributed by atoms with Crippen molar-refractivity contribution in [3.8, 4) is 11.5 Å². The minimum absolute atomic E-state index is 0.335. The van der Waals surface area contributed by atoms with E-state index in [0.29, 0.717) is 18.2 Å². The van der Waals surface area contributed by atoms with Crippen molar-refractivity contribution in [1.29, 1.82) is 0 Å². The molecule has 0 saturated carbocycles. The molecule has 0 bridgehead atoms. The van der Waals surface area contributed by atoms with Crippen molar-refractivity contribution < 1.29 is 40.3 Å². The molecule has 2 aromatic rings. The summed E-state index contributed by atoms with van der Waals surface area (Å²) in [5.41, 5.74) is -4.40. The van der Waals surface area contributed by atoms with Crippen molar-refractivity contribution in [3.05, 3.63) is 53.1 Å². The fourth-order valence-electron chi connectivity index (χ4n) is 2.46. The molecule has 1 heterocycles. The van der Waals surface area contributed by atoms with Crippen molar-refractivity contribution in [1.82, 2.24) is 4.98 Å². The normalized spacial score (nSPS) is 17.7. The summed E-state index contributed by atoms with van der Waals surface area (Å²) in [7, 11) is 0. The summed E-state index contributed by atoms with van der Waals surface area (Å²) in [6, 6.07) is 2.78. The van der Waals surface area contributed by atoms with Crippen LogP contribution in [-0.4, -0.2) is 16.7 Å². The molecule has 0 fully saturated rings. The van der Waals surface area contributed by atoms with Gasteiger partial charge in [-0.1, -0.05) is 0 Å². The Kier molecular flexibility index (Phi) is 3.73. The van der Waals surface area contributed by atoms with Crippen LogP contribution in [0.1, 0.15) is 27.9 Å². The lowest BCUT2D eigenvalue weighted by Gasteiger charge is -2.17. The number of nitrogens with zero attached hydrogens (tertiary/aromatic N) is 1. The third kappa shape index (κ3) is 2.43. The van der Waals surface area contributed by atoms with Crippen molar-refractivity contribution in [2.45, 2.75) is 18.3 Å². The second-order valence-electron chi connectivity index (χ2n) is 5.09. The Morgan fingerprint density at radius 3 is 2.32 bits per heavy atom. The first-order valence-corrected chi connectivity index (χ1v) is 6.62. The standard InChI is InChI=1S/C15H6F7NO2/c16-9-5-6(3-4-23-9)25-8-2-1-7-10(11(8)13(17)18)12(24)15(21,22)14(7,19)20/h1-5,13H. The maximum atomic E-state index is 13.7. The maximum absolute atomic E-state index is 13.7. The molecule has 0 saturated heterocycles. The van der Waals surface area contributed by atoms with Crippen molar-refractivity contribution in [3.63, 3.8) is 0 Å². The zero-order valence-electron chi connectivity index (χ0n) is 11.9. The first-order valence-electron chi connectivity index (χ1n) is 6.62. The van der Waals surface area contributed by atoms with Crippen LogP contribution < -0.4 is 4.74 Å². The van der Waals surface area contributed by atoms with E-state index in [-0.39, 0.29) is 5.75 Å². The van der Waals surface area contributed by atoms with Crippen molar-refractivity contribution in [2.75, 3.05) is 0 Å². The van der Waals surface area contributed by atoms with E-state index in [2.05, 4.69) is 4.98 Å². The summed E-state index contributed by atoms with van der Waals surface area (Å²) in [6.45, 7) is 0. The zero-order chi connectivity index (χ0) is 18.6. The number of hydrogen-bond donors (Lipinski definition) is 0. The van der Waals surface area contributed by atoms with Gasteiger partial charge in [0, 0.05) is 23.4 Å². The summed E-state index contributed by atoms with van der Waals surface area (Å²) in [4.78, 5) is 14.8. The van der Waals surface area contributed by atoms with Gasteiger partial charge in [0.1, 0.15) is 11.5 Å². The van der Waals surface area contributed by atoms with Gasteiger partial charge >= 0.3 is 11.8 Å². The fraction of sp³-hybridized carbons (Fsp3) is 0.200. The van der Waals surface area contributed by atoms with Gasteiger partial charge in [-0.25, -0.2) is 13.8 Å². The number of carbonyl (C=O) groups is 1. The average molecular weight is 365 g/mol. The minimum atomic E-state index is -5.15. The molecule has 1 aromatic carbocycles. The Hall–Kier alpha value is -2.65. The van der Waals surface area contributed by atoms with Crippen LogP contribution in [-0.2, 0) is 5.92 Å². The smallest absolute Gasteiger partial charge is 0.376 e. The van der Waals surface area contributed by atoms with Crippen LogP contribution in [0.15, 0.2) is 30.5 Å². The predicted octanol–water partition coefficient (Wildman–Crippen LogP) is 4.87. The first-order chi connectivity index (χ1) is 11.6. The molecule has 0 N–H and O–H groups in total. The summed E-state index contributed by atoms with van der Waals surface area (Å²) in [5, 5.41) is 0. The van der Waals surface area contributed by atoms with Crippen LogP contribution in [0.5, 0.6) is 11.5 Å². The molecule has 10 heteroatoms. The Balaban J connectivity index is 2.19. The molecule has 0 radical (unpaired) electrons. The molecular formula is C15H6F7NO2. The first kappa shape index (κ1) is 17.2. The number of fused-ring (bicyclic) bond motifs is 1. The van der Waals surface area contributed by atoms with Crippen molar-refractivity contribution >= 4 is 5.78 Å². The molecule has 132 valence electrons. The highest BCUT2D eigenvalue weighted by atomic mass is 19.3. The molecule has 1 aromatic heterocycles. The highest BCUT2D eigenvalue weighted by molar-refractivity contribution is 6.08. The largest absolute Gasteiger partial charge is 0.457 e. The summed E-state index contributed by atoms with van der Waals surface area (Å²) in [6.07, 6.45) is -2.63. The number of pyridine rings is 1. The number of ether oxygens (including phenoxy) is 1. The van der Waals surface area contributed by atoms with Crippen LogP contribution in [0.2, 0.25) is 0 Å². The highest BCUT2D eigenvalue weighted by Crippen LogP contribution is 2.55. The van der Waals surface area contributed by atoms with Gasteiger partial charge in [-0.3, -0.25) is 4.79 Å². The Labute approximate surface area is 135 Å². The molecule has 0 unspecified atom stereocenters. The van der Waals surface area contributed by atoms with Gasteiger partial charge in [-0.2, -0.15) is 22.0 Å². The van der Waals surface area contributed by atoms with Gasteiger partial charge in [0.05, 0.1) is 5.56 Å². The van der Waals surface area contributed by atoms with E-state index in [9.17, 15) is 35.5 Å². The van der Waals surface area contributed by atoms with Gasteiger partial charge in [-0.15, -0.1) is 0 Å². The summed E-state index contributed by atoms with van der Waals surface area (Å²) >= 11 is 0. The monoisotopic (exact) mass is 365 g/mol. The number of Topliss-reactive ketones (excluding diaryl/α,β-unsaturated/α-hetero) is 1. The van der Waals surface area contributed by atoms with Gasteiger partial charge < -0.3 is 4.74 Å². The van der Waals surface area contributed by atoms with Crippen LogP contribution in [0, 0.1) is 5.95 Å². The van der Waals surface area contributed by atoms with Crippen LogP contribution >= 0.6 is 0 Å². The number of aromatic nitrogens is 1. The molecule has 0 aliphatic heterocycles.